The maximum Gasteiger partial charge on any atom is 0.0593 e. The number of nitrogens with zero attached hydrogens (tertiary/aromatic N) is 1. The van der Waals surface area contributed by atoms with Crippen LogP contribution < -0.4 is 5.73 Å². The second-order valence-corrected chi connectivity index (χ2v) is 4.97. The van der Waals surface area contributed by atoms with Crippen LogP contribution in [0, 0.1) is 5.92 Å². The fourth-order valence-electron chi connectivity index (χ4n) is 1.95. The van der Waals surface area contributed by atoms with Crippen LogP contribution in [0.5, 0.6) is 0 Å². The molecular weight excluding hydrogens is 188 g/mol. The summed E-state index contributed by atoms with van der Waals surface area (Å²) >= 11 is 0. The third-order valence-electron chi connectivity index (χ3n) is 3.56. The van der Waals surface area contributed by atoms with Gasteiger partial charge < -0.3 is 10.5 Å². The molecule has 0 amide bonds. The van der Waals surface area contributed by atoms with Crippen molar-refractivity contribution in [2.24, 2.45) is 11.7 Å². The van der Waals surface area contributed by atoms with Crippen LogP contribution in [0.15, 0.2) is 0 Å². The van der Waals surface area contributed by atoms with Crippen LogP contribution in [-0.4, -0.2) is 43.8 Å². The fraction of sp³-hybridized carbons (Fsp3) is 1.00. The minimum absolute atomic E-state index is 0.165. The van der Waals surface area contributed by atoms with Crippen LogP contribution in [0.3, 0.4) is 0 Å². The average molecular weight is 214 g/mol. The van der Waals surface area contributed by atoms with Crippen LogP contribution in [-0.2, 0) is 4.74 Å². The summed E-state index contributed by atoms with van der Waals surface area (Å²) in [6.45, 7) is 7.65. The van der Waals surface area contributed by atoms with E-state index in [0.717, 1.165) is 32.2 Å². The highest BCUT2D eigenvalue weighted by atomic mass is 16.5. The zero-order valence-corrected chi connectivity index (χ0v) is 10.5. The van der Waals surface area contributed by atoms with Crippen molar-refractivity contribution in [2.75, 3.05) is 33.4 Å². The van der Waals surface area contributed by atoms with E-state index < -0.39 is 0 Å². The highest BCUT2D eigenvalue weighted by Crippen LogP contribution is 2.38. The largest absolute Gasteiger partial charge is 0.380 e. The first-order valence-corrected chi connectivity index (χ1v) is 6.11. The van der Waals surface area contributed by atoms with E-state index in [1.807, 2.05) is 6.92 Å². The van der Waals surface area contributed by atoms with E-state index in [2.05, 4.69) is 18.9 Å². The minimum Gasteiger partial charge on any atom is -0.380 e. The van der Waals surface area contributed by atoms with Crippen LogP contribution in [0.25, 0.3) is 0 Å². The maximum absolute atomic E-state index is 5.91. The zero-order valence-electron chi connectivity index (χ0n) is 10.5. The molecule has 0 spiro atoms. The van der Waals surface area contributed by atoms with E-state index in [9.17, 15) is 0 Å². The van der Waals surface area contributed by atoms with Crippen LogP contribution in [0.2, 0.25) is 0 Å². The smallest absolute Gasteiger partial charge is 0.0593 e. The topological polar surface area (TPSA) is 38.5 Å². The molecule has 0 radical (unpaired) electrons. The van der Waals surface area contributed by atoms with Crippen LogP contribution in [0.1, 0.15) is 33.1 Å². The Bertz CT molecular complexity index is 182. The Morgan fingerprint density at radius 1 is 1.47 bits per heavy atom. The molecule has 1 fully saturated rings. The van der Waals surface area contributed by atoms with Gasteiger partial charge in [0, 0.05) is 25.2 Å². The number of rotatable bonds is 8. The Balaban J connectivity index is 2.32. The quantitative estimate of drug-likeness (QED) is 0.622. The molecule has 0 bridgehead atoms. The van der Waals surface area contributed by atoms with Gasteiger partial charge in [-0.25, -0.2) is 0 Å². The summed E-state index contributed by atoms with van der Waals surface area (Å²) in [4.78, 5) is 2.36. The van der Waals surface area contributed by atoms with E-state index in [0.29, 0.717) is 0 Å². The van der Waals surface area contributed by atoms with Crippen molar-refractivity contribution in [1.29, 1.82) is 0 Å². The summed E-state index contributed by atoms with van der Waals surface area (Å²) in [6, 6.07) is 0. The van der Waals surface area contributed by atoms with E-state index in [1.54, 1.807) is 0 Å². The van der Waals surface area contributed by atoms with Crippen molar-refractivity contribution in [3.63, 3.8) is 0 Å². The third kappa shape index (κ3) is 4.09. The molecule has 0 aromatic carbocycles. The van der Waals surface area contributed by atoms with Crippen LogP contribution in [0.4, 0.5) is 0 Å². The summed E-state index contributed by atoms with van der Waals surface area (Å²) < 4.78 is 5.38. The van der Waals surface area contributed by atoms with E-state index >= 15 is 0 Å². The van der Waals surface area contributed by atoms with Gasteiger partial charge in [-0.3, -0.25) is 4.90 Å². The summed E-state index contributed by atoms with van der Waals surface area (Å²) in [5, 5.41) is 0. The van der Waals surface area contributed by atoms with Gasteiger partial charge in [-0.2, -0.15) is 0 Å². The first-order valence-electron chi connectivity index (χ1n) is 6.11. The number of likely N-dealkylation sites (N-methyl/N-ethyl adjacent to an activating group) is 1. The Morgan fingerprint density at radius 2 is 2.13 bits per heavy atom. The molecule has 15 heavy (non-hydrogen) atoms. The molecule has 2 N–H and O–H groups in total. The average Bonchev–Trinajstić information content (AvgIpc) is 3.01. The van der Waals surface area contributed by atoms with Gasteiger partial charge in [0.2, 0.25) is 0 Å². The van der Waals surface area contributed by atoms with Gasteiger partial charge in [0.15, 0.2) is 0 Å². The molecular formula is C12H26N2O. The predicted molar refractivity (Wildman–Crippen MR) is 63.9 cm³/mol. The van der Waals surface area contributed by atoms with Crippen molar-refractivity contribution in [3.05, 3.63) is 0 Å². The molecule has 3 nitrogen and oxygen atoms in total. The van der Waals surface area contributed by atoms with E-state index in [1.165, 1.54) is 19.3 Å². The lowest BCUT2D eigenvalue weighted by atomic mass is 9.93. The lowest BCUT2D eigenvalue weighted by Crippen LogP contribution is -2.51. The van der Waals surface area contributed by atoms with E-state index in [-0.39, 0.29) is 5.54 Å². The van der Waals surface area contributed by atoms with Gasteiger partial charge in [-0.05, 0) is 33.2 Å². The third-order valence-corrected chi connectivity index (χ3v) is 3.56. The van der Waals surface area contributed by atoms with E-state index in [4.69, 9.17) is 10.5 Å². The summed E-state index contributed by atoms with van der Waals surface area (Å²) in [5.41, 5.74) is 6.07. The van der Waals surface area contributed by atoms with Crippen LogP contribution >= 0.6 is 0 Å². The summed E-state index contributed by atoms with van der Waals surface area (Å²) in [6.07, 6.45) is 4.04. The zero-order chi connectivity index (χ0) is 11.3. The molecule has 0 saturated heterocycles. The molecule has 0 heterocycles. The summed E-state index contributed by atoms with van der Waals surface area (Å²) in [5.74, 6) is 0.924. The molecule has 1 rings (SSSR count). The van der Waals surface area contributed by atoms with Gasteiger partial charge >= 0.3 is 0 Å². The normalized spacial score (nSPS) is 20.6. The molecule has 3 heteroatoms. The Kier molecular flexibility index (Phi) is 5.03. The number of hydrogen-bond acceptors (Lipinski definition) is 3. The molecule has 1 saturated carbocycles. The van der Waals surface area contributed by atoms with Gasteiger partial charge in [-0.1, -0.05) is 12.8 Å². The second kappa shape index (κ2) is 5.83. The van der Waals surface area contributed by atoms with Gasteiger partial charge in [-0.15, -0.1) is 0 Å². The van der Waals surface area contributed by atoms with Crippen molar-refractivity contribution < 1.29 is 4.74 Å². The fourth-order valence-corrected chi connectivity index (χ4v) is 1.95. The molecule has 0 aromatic rings. The molecule has 90 valence electrons. The maximum atomic E-state index is 5.91. The first-order chi connectivity index (χ1) is 7.12. The monoisotopic (exact) mass is 214 g/mol. The number of hydrogen-bond donors (Lipinski definition) is 1. The van der Waals surface area contributed by atoms with Gasteiger partial charge in [0.25, 0.3) is 0 Å². The second-order valence-electron chi connectivity index (χ2n) is 4.97. The number of ether oxygens (including phenoxy) is 1. The Hall–Kier alpha value is -0.120. The van der Waals surface area contributed by atoms with Crippen molar-refractivity contribution in [3.8, 4) is 0 Å². The highest BCUT2D eigenvalue weighted by molar-refractivity contribution is 4.91. The van der Waals surface area contributed by atoms with Gasteiger partial charge in [0.1, 0.15) is 0 Å². The van der Waals surface area contributed by atoms with Crippen molar-refractivity contribution >= 4 is 0 Å². The molecule has 1 atom stereocenters. The SMILES string of the molecule is CCOCCN(C)C(C)(CN)CC1CC1. The molecule has 1 aliphatic carbocycles. The minimum atomic E-state index is 0.165. The summed E-state index contributed by atoms with van der Waals surface area (Å²) in [7, 11) is 2.16. The lowest BCUT2D eigenvalue weighted by molar-refractivity contribution is 0.0690. The highest BCUT2D eigenvalue weighted by Gasteiger charge is 2.35. The first kappa shape index (κ1) is 12.9. The molecule has 0 aromatic heterocycles. The molecule has 1 aliphatic rings. The van der Waals surface area contributed by atoms with Crippen molar-refractivity contribution in [2.45, 2.75) is 38.6 Å². The predicted octanol–water partition coefficient (Wildman–Crippen LogP) is 1.47. The number of nitrogens with two attached hydrogens (primary N) is 1. The molecule has 1 unspecified atom stereocenters. The molecule has 0 aliphatic heterocycles. The van der Waals surface area contributed by atoms with Crippen molar-refractivity contribution in [1.82, 2.24) is 4.90 Å². The lowest BCUT2D eigenvalue weighted by Gasteiger charge is -2.38. The standard InChI is InChI=1S/C12H26N2O/c1-4-15-8-7-14(3)12(2,10-13)9-11-5-6-11/h11H,4-10,13H2,1-3H3. The Morgan fingerprint density at radius 3 is 2.60 bits per heavy atom. The Labute approximate surface area is 94.0 Å². The van der Waals surface area contributed by atoms with Gasteiger partial charge in [0.05, 0.1) is 6.61 Å².